The monoisotopic (exact) mass is 349 g/mol. The van der Waals surface area contributed by atoms with Crippen molar-refractivity contribution in [2.24, 2.45) is 13.0 Å². The van der Waals surface area contributed by atoms with Crippen molar-refractivity contribution in [3.63, 3.8) is 0 Å². The summed E-state index contributed by atoms with van der Waals surface area (Å²) in [4.78, 5) is 17.2. The molecular formula is C21H23N3O2. The molecule has 5 heteroatoms. The van der Waals surface area contributed by atoms with Crippen LogP contribution in [0.2, 0.25) is 0 Å². The summed E-state index contributed by atoms with van der Waals surface area (Å²) in [5, 5.41) is 3.10. The predicted octanol–water partition coefficient (Wildman–Crippen LogP) is 3.21. The second-order valence-corrected chi connectivity index (χ2v) is 6.89. The Kier molecular flexibility index (Phi) is 4.71. The largest absolute Gasteiger partial charge is 0.371 e. The highest BCUT2D eigenvalue weighted by atomic mass is 16.5. The molecule has 2 aromatic carbocycles. The van der Waals surface area contributed by atoms with Crippen LogP contribution in [0.4, 0.5) is 0 Å². The van der Waals surface area contributed by atoms with Gasteiger partial charge >= 0.3 is 0 Å². The number of imidazole rings is 1. The molecule has 1 aliphatic carbocycles. The van der Waals surface area contributed by atoms with E-state index >= 15 is 0 Å². The van der Waals surface area contributed by atoms with Crippen LogP contribution in [0.1, 0.15) is 30.3 Å². The molecule has 4 rings (SSSR count). The minimum atomic E-state index is -0.314. The molecule has 1 N–H and O–H groups in total. The van der Waals surface area contributed by atoms with Crippen LogP contribution in [0.5, 0.6) is 0 Å². The summed E-state index contributed by atoms with van der Waals surface area (Å²) in [6.45, 7) is 0.763. The van der Waals surface area contributed by atoms with E-state index in [0.29, 0.717) is 12.5 Å². The van der Waals surface area contributed by atoms with E-state index in [2.05, 4.69) is 5.32 Å². The van der Waals surface area contributed by atoms with Crippen molar-refractivity contribution in [2.45, 2.75) is 18.9 Å². The van der Waals surface area contributed by atoms with E-state index < -0.39 is 0 Å². The lowest BCUT2D eigenvalue weighted by Gasteiger charge is -2.19. The molecule has 0 bridgehead atoms. The van der Waals surface area contributed by atoms with E-state index in [-0.39, 0.29) is 18.6 Å². The number of hydrogen-bond acceptors (Lipinski definition) is 3. The smallest absolute Gasteiger partial charge is 0.246 e. The van der Waals surface area contributed by atoms with Gasteiger partial charge in [-0.25, -0.2) is 4.98 Å². The Morgan fingerprint density at radius 2 is 1.92 bits per heavy atom. The molecule has 3 aromatic rings. The molecule has 1 amide bonds. The highest BCUT2D eigenvalue weighted by Crippen LogP contribution is 2.29. The maximum atomic E-state index is 12.5. The van der Waals surface area contributed by atoms with E-state index in [1.807, 2.05) is 66.2 Å². The van der Waals surface area contributed by atoms with Crippen molar-refractivity contribution >= 4 is 16.9 Å². The maximum absolute atomic E-state index is 12.5. The molecule has 1 saturated carbocycles. The van der Waals surface area contributed by atoms with Gasteiger partial charge in [-0.15, -0.1) is 0 Å². The summed E-state index contributed by atoms with van der Waals surface area (Å²) in [5.74, 6) is 1.34. The summed E-state index contributed by atoms with van der Waals surface area (Å²) in [6.07, 6.45) is 2.43. The molecule has 1 aliphatic rings. The molecule has 0 unspecified atom stereocenters. The van der Waals surface area contributed by atoms with Gasteiger partial charge in [0.05, 0.1) is 17.6 Å². The molecule has 1 fully saturated rings. The standard InChI is InChI=1S/C21H23N3O2/c1-24-18-10-6-5-9-17(18)22-21(24)20(16-7-3-2-4-8-16)23-19(25)14-26-13-15-11-12-15/h2-10,15,20H,11-14H2,1H3,(H,23,25)/t20-/m0/s1. The van der Waals surface area contributed by atoms with Gasteiger partial charge in [0, 0.05) is 7.05 Å². The molecule has 134 valence electrons. The number of nitrogens with zero attached hydrogens (tertiary/aromatic N) is 2. The first kappa shape index (κ1) is 16.8. The molecule has 1 heterocycles. The first-order chi connectivity index (χ1) is 12.7. The summed E-state index contributed by atoms with van der Waals surface area (Å²) in [5.41, 5.74) is 2.97. The van der Waals surface area contributed by atoms with Gasteiger partial charge in [-0.2, -0.15) is 0 Å². The van der Waals surface area contributed by atoms with Crippen molar-refractivity contribution in [1.29, 1.82) is 0 Å². The molecule has 5 nitrogen and oxygen atoms in total. The maximum Gasteiger partial charge on any atom is 0.246 e. The molecule has 0 aliphatic heterocycles. The number of fused-ring (bicyclic) bond motifs is 1. The minimum absolute atomic E-state index is 0.0871. The fourth-order valence-corrected chi connectivity index (χ4v) is 3.17. The van der Waals surface area contributed by atoms with E-state index in [9.17, 15) is 4.79 Å². The zero-order chi connectivity index (χ0) is 17.9. The van der Waals surface area contributed by atoms with Gasteiger partial charge in [-0.05, 0) is 36.5 Å². The Morgan fingerprint density at radius 3 is 2.65 bits per heavy atom. The van der Waals surface area contributed by atoms with E-state index in [0.717, 1.165) is 22.4 Å². The second kappa shape index (κ2) is 7.30. The number of aromatic nitrogens is 2. The number of para-hydroxylation sites is 2. The quantitative estimate of drug-likeness (QED) is 0.713. The van der Waals surface area contributed by atoms with Crippen molar-refractivity contribution in [3.8, 4) is 0 Å². The lowest BCUT2D eigenvalue weighted by Crippen LogP contribution is -2.34. The van der Waals surface area contributed by atoms with Crippen molar-refractivity contribution in [3.05, 3.63) is 66.0 Å². The summed E-state index contributed by atoms with van der Waals surface area (Å²) in [7, 11) is 1.98. The van der Waals surface area contributed by atoms with Crippen LogP contribution in [-0.4, -0.2) is 28.7 Å². The Morgan fingerprint density at radius 1 is 1.19 bits per heavy atom. The van der Waals surface area contributed by atoms with Gasteiger partial charge in [0.15, 0.2) is 0 Å². The molecule has 0 spiro atoms. The normalized spacial score (nSPS) is 15.1. The number of aryl methyl sites for hydroxylation is 1. The number of benzene rings is 2. The van der Waals surface area contributed by atoms with Crippen LogP contribution in [0, 0.1) is 5.92 Å². The van der Waals surface area contributed by atoms with Gasteiger partial charge in [-0.1, -0.05) is 42.5 Å². The Balaban J connectivity index is 1.59. The molecule has 0 radical (unpaired) electrons. The number of amides is 1. The third kappa shape index (κ3) is 3.63. The molecular weight excluding hydrogens is 326 g/mol. The zero-order valence-corrected chi connectivity index (χ0v) is 14.9. The third-order valence-corrected chi connectivity index (χ3v) is 4.80. The van der Waals surface area contributed by atoms with Crippen LogP contribution in [0.15, 0.2) is 54.6 Å². The zero-order valence-electron chi connectivity index (χ0n) is 14.9. The Hall–Kier alpha value is -2.66. The first-order valence-electron chi connectivity index (χ1n) is 9.06. The number of carbonyl (C=O) groups is 1. The van der Waals surface area contributed by atoms with Gasteiger partial charge in [0.25, 0.3) is 0 Å². The lowest BCUT2D eigenvalue weighted by atomic mass is 10.1. The van der Waals surface area contributed by atoms with Gasteiger partial charge in [-0.3, -0.25) is 4.79 Å². The molecule has 1 aromatic heterocycles. The lowest BCUT2D eigenvalue weighted by molar-refractivity contribution is -0.126. The number of nitrogens with one attached hydrogen (secondary N) is 1. The highest BCUT2D eigenvalue weighted by Gasteiger charge is 2.24. The molecule has 1 atom stereocenters. The van der Waals surface area contributed by atoms with Gasteiger partial charge < -0.3 is 14.6 Å². The predicted molar refractivity (Wildman–Crippen MR) is 101 cm³/mol. The van der Waals surface area contributed by atoms with Gasteiger partial charge in [0.2, 0.25) is 5.91 Å². The second-order valence-electron chi connectivity index (χ2n) is 6.89. The molecule has 0 saturated heterocycles. The average molecular weight is 349 g/mol. The summed E-state index contributed by atoms with van der Waals surface area (Å²) < 4.78 is 7.58. The van der Waals surface area contributed by atoms with E-state index in [1.165, 1.54) is 12.8 Å². The fraction of sp³-hybridized carbons (Fsp3) is 0.333. The average Bonchev–Trinajstić information content (AvgIpc) is 3.43. The summed E-state index contributed by atoms with van der Waals surface area (Å²) >= 11 is 0. The van der Waals surface area contributed by atoms with Crippen molar-refractivity contribution in [1.82, 2.24) is 14.9 Å². The van der Waals surface area contributed by atoms with Crippen LogP contribution >= 0.6 is 0 Å². The van der Waals surface area contributed by atoms with Crippen LogP contribution in [0.25, 0.3) is 11.0 Å². The van der Waals surface area contributed by atoms with Gasteiger partial charge in [0.1, 0.15) is 18.5 Å². The van der Waals surface area contributed by atoms with Crippen molar-refractivity contribution in [2.75, 3.05) is 13.2 Å². The van der Waals surface area contributed by atoms with E-state index in [1.54, 1.807) is 0 Å². The van der Waals surface area contributed by atoms with E-state index in [4.69, 9.17) is 9.72 Å². The minimum Gasteiger partial charge on any atom is -0.371 e. The SMILES string of the molecule is Cn1c([C@@H](NC(=O)COCC2CC2)c2ccccc2)nc2ccccc21. The Bertz CT molecular complexity index is 900. The number of hydrogen-bond donors (Lipinski definition) is 1. The molecule has 26 heavy (non-hydrogen) atoms. The topological polar surface area (TPSA) is 56.2 Å². The first-order valence-corrected chi connectivity index (χ1v) is 9.06. The number of rotatable bonds is 7. The van der Waals surface area contributed by atoms with Crippen LogP contribution in [0.3, 0.4) is 0 Å². The van der Waals surface area contributed by atoms with Crippen molar-refractivity contribution < 1.29 is 9.53 Å². The van der Waals surface area contributed by atoms with Crippen LogP contribution < -0.4 is 5.32 Å². The third-order valence-electron chi connectivity index (χ3n) is 4.80. The number of ether oxygens (including phenoxy) is 1. The highest BCUT2D eigenvalue weighted by molar-refractivity contribution is 5.79. The summed E-state index contributed by atoms with van der Waals surface area (Å²) in [6, 6.07) is 17.6. The Labute approximate surface area is 153 Å². The fourth-order valence-electron chi connectivity index (χ4n) is 3.17. The number of carbonyl (C=O) groups excluding carboxylic acids is 1. The van der Waals surface area contributed by atoms with Crippen LogP contribution in [-0.2, 0) is 16.6 Å².